The molecule has 0 amide bonds. The van der Waals surface area contributed by atoms with E-state index in [9.17, 15) is 30.8 Å². The van der Waals surface area contributed by atoms with Crippen molar-refractivity contribution in [1.29, 1.82) is 0 Å². The summed E-state index contributed by atoms with van der Waals surface area (Å²) >= 11 is -0.527. The zero-order chi connectivity index (χ0) is 15.6. The first kappa shape index (κ1) is 16.8. The van der Waals surface area contributed by atoms with Crippen LogP contribution in [0.3, 0.4) is 0 Å². The van der Waals surface area contributed by atoms with E-state index in [0.29, 0.717) is 6.07 Å². The molecule has 0 aliphatic carbocycles. The molecule has 0 unspecified atom stereocenters. The van der Waals surface area contributed by atoms with E-state index in [1.54, 1.807) is 0 Å². The Morgan fingerprint density at radius 1 is 1.30 bits per heavy atom. The quantitative estimate of drug-likeness (QED) is 0.839. The van der Waals surface area contributed by atoms with Crippen LogP contribution in [0.2, 0.25) is 0 Å². The number of halogens is 4. The molecule has 1 aromatic rings. The number of carboxylic acid groups (broad SMARTS) is 1. The summed E-state index contributed by atoms with van der Waals surface area (Å²) in [6.45, 7) is 0. The number of hydrogen-bond donors (Lipinski definition) is 1. The zero-order valence-corrected chi connectivity index (χ0v) is 11.3. The molecule has 0 radical (unpaired) electrons. The highest BCUT2D eigenvalue weighted by atomic mass is 32.2. The lowest BCUT2D eigenvalue weighted by atomic mass is 10.2. The lowest BCUT2D eigenvalue weighted by Crippen LogP contribution is -2.14. The Kier molecular flexibility index (Phi) is 5.03. The molecule has 0 heterocycles. The molecule has 1 aromatic carbocycles. The standard InChI is InChI=1S/C10H8F4O4S2/c11-7-5-6(9(15)16)1-2-8(7)20(17,18)4-3-19-10(12,13)14/h1-2,5H,3-4H2,(H,15,16). The Hall–Kier alpha value is -1.29. The number of alkyl halides is 3. The van der Waals surface area contributed by atoms with Gasteiger partial charge in [-0.2, -0.15) is 13.2 Å². The van der Waals surface area contributed by atoms with Gasteiger partial charge in [-0.3, -0.25) is 0 Å². The van der Waals surface area contributed by atoms with E-state index >= 15 is 0 Å². The van der Waals surface area contributed by atoms with Gasteiger partial charge in [0.25, 0.3) is 0 Å². The Balaban J connectivity index is 2.91. The maximum absolute atomic E-state index is 13.5. The van der Waals surface area contributed by atoms with Gasteiger partial charge in [0.1, 0.15) is 10.7 Å². The summed E-state index contributed by atoms with van der Waals surface area (Å²) < 4.78 is 72.4. The van der Waals surface area contributed by atoms with Gasteiger partial charge in [-0.25, -0.2) is 17.6 Å². The first-order valence-corrected chi connectivity index (χ1v) is 7.63. The number of hydrogen-bond acceptors (Lipinski definition) is 4. The molecule has 0 saturated heterocycles. The van der Waals surface area contributed by atoms with Crippen LogP contribution >= 0.6 is 11.8 Å². The summed E-state index contributed by atoms with van der Waals surface area (Å²) in [6.07, 6.45) is 0. The van der Waals surface area contributed by atoms with Crippen LogP contribution in [-0.4, -0.2) is 36.5 Å². The van der Waals surface area contributed by atoms with E-state index < -0.39 is 60.9 Å². The van der Waals surface area contributed by atoms with E-state index in [2.05, 4.69) is 0 Å². The minimum Gasteiger partial charge on any atom is -0.478 e. The van der Waals surface area contributed by atoms with Gasteiger partial charge in [-0.15, -0.1) is 0 Å². The normalized spacial score (nSPS) is 12.4. The molecule has 10 heteroatoms. The maximum atomic E-state index is 13.5. The Morgan fingerprint density at radius 2 is 1.90 bits per heavy atom. The first-order chi connectivity index (χ1) is 9.03. The van der Waals surface area contributed by atoms with Crippen molar-refractivity contribution in [2.75, 3.05) is 11.5 Å². The highest BCUT2D eigenvalue weighted by molar-refractivity contribution is 8.01. The topological polar surface area (TPSA) is 71.4 Å². The van der Waals surface area contributed by atoms with Crippen molar-refractivity contribution < 1.29 is 35.9 Å². The molecule has 0 atom stereocenters. The molecule has 1 N–H and O–H groups in total. The molecular formula is C10H8F4O4S2. The third-order valence-corrected chi connectivity index (χ3v) is 4.87. The summed E-state index contributed by atoms with van der Waals surface area (Å²) in [7, 11) is -4.24. The molecule has 0 aliphatic rings. The number of thioether (sulfide) groups is 1. The van der Waals surface area contributed by atoms with Crippen molar-refractivity contribution in [2.24, 2.45) is 0 Å². The zero-order valence-electron chi connectivity index (χ0n) is 9.65. The summed E-state index contributed by atoms with van der Waals surface area (Å²) in [4.78, 5) is 9.74. The van der Waals surface area contributed by atoms with E-state index in [-0.39, 0.29) is 0 Å². The van der Waals surface area contributed by atoms with Gasteiger partial charge in [0.2, 0.25) is 0 Å². The van der Waals surface area contributed by atoms with Crippen LogP contribution in [0, 0.1) is 5.82 Å². The fraction of sp³-hybridized carbons (Fsp3) is 0.300. The fourth-order valence-electron chi connectivity index (χ4n) is 1.26. The Bertz CT molecular complexity index is 610. The second-order valence-corrected chi connectivity index (χ2v) is 6.80. The van der Waals surface area contributed by atoms with Crippen LogP contribution in [0.4, 0.5) is 17.6 Å². The van der Waals surface area contributed by atoms with Gasteiger partial charge >= 0.3 is 11.5 Å². The molecule has 0 aliphatic heterocycles. The molecule has 0 spiro atoms. The average Bonchev–Trinajstić information content (AvgIpc) is 2.26. The third kappa shape index (κ3) is 4.67. The highest BCUT2D eigenvalue weighted by Gasteiger charge is 2.29. The molecule has 0 bridgehead atoms. The van der Waals surface area contributed by atoms with Crippen LogP contribution in [0.1, 0.15) is 10.4 Å². The lowest BCUT2D eigenvalue weighted by molar-refractivity contribution is -0.0326. The molecule has 1 rings (SSSR count). The van der Waals surface area contributed by atoms with Crippen LogP contribution < -0.4 is 0 Å². The SMILES string of the molecule is O=C(O)c1ccc(S(=O)(=O)CCSC(F)(F)F)c(F)c1. The summed E-state index contributed by atoms with van der Waals surface area (Å²) in [5.74, 6) is -4.42. The van der Waals surface area contributed by atoms with Crippen molar-refractivity contribution in [3.63, 3.8) is 0 Å². The van der Waals surface area contributed by atoms with Crippen LogP contribution in [-0.2, 0) is 9.84 Å². The largest absolute Gasteiger partial charge is 0.478 e. The number of carbonyl (C=O) groups is 1. The number of carboxylic acids is 1. The highest BCUT2D eigenvalue weighted by Crippen LogP contribution is 2.30. The van der Waals surface area contributed by atoms with Gasteiger partial charge in [-0.1, -0.05) is 0 Å². The molecular weight excluding hydrogens is 324 g/mol. The second-order valence-electron chi connectivity index (χ2n) is 3.56. The number of aromatic carboxylic acids is 1. The van der Waals surface area contributed by atoms with Crippen LogP contribution in [0.25, 0.3) is 0 Å². The molecule has 4 nitrogen and oxygen atoms in total. The number of benzene rings is 1. The van der Waals surface area contributed by atoms with Crippen molar-refractivity contribution in [3.8, 4) is 0 Å². The van der Waals surface area contributed by atoms with Gasteiger partial charge in [0, 0.05) is 5.75 Å². The summed E-state index contributed by atoms with van der Waals surface area (Å²) in [6, 6.07) is 2.10. The van der Waals surface area contributed by atoms with E-state index in [4.69, 9.17) is 5.11 Å². The van der Waals surface area contributed by atoms with Crippen molar-refractivity contribution >= 4 is 27.6 Å². The molecule has 20 heavy (non-hydrogen) atoms. The van der Waals surface area contributed by atoms with Gasteiger partial charge in [0.15, 0.2) is 9.84 Å². The number of sulfone groups is 1. The smallest absolute Gasteiger partial charge is 0.441 e. The lowest BCUT2D eigenvalue weighted by Gasteiger charge is -2.08. The predicted molar refractivity (Wildman–Crippen MR) is 63.9 cm³/mol. The van der Waals surface area contributed by atoms with Crippen molar-refractivity contribution in [3.05, 3.63) is 29.6 Å². The van der Waals surface area contributed by atoms with Gasteiger partial charge < -0.3 is 5.11 Å². The molecule has 0 fully saturated rings. The predicted octanol–water partition coefficient (Wildman–Crippen LogP) is 2.55. The average molecular weight is 332 g/mol. The Morgan fingerprint density at radius 3 is 2.35 bits per heavy atom. The molecule has 112 valence electrons. The number of rotatable bonds is 5. The monoisotopic (exact) mass is 332 g/mol. The Labute approximate surface area is 115 Å². The minimum absolute atomic E-state index is 0.453. The van der Waals surface area contributed by atoms with Crippen LogP contribution in [0.15, 0.2) is 23.1 Å². The second kappa shape index (κ2) is 6.00. The first-order valence-electron chi connectivity index (χ1n) is 4.99. The minimum atomic E-state index is -4.57. The van der Waals surface area contributed by atoms with E-state index in [1.165, 1.54) is 0 Å². The van der Waals surface area contributed by atoms with E-state index in [0.717, 1.165) is 12.1 Å². The maximum Gasteiger partial charge on any atom is 0.441 e. The summed E-state index contributed by atoms with van der Waals surface area (Å²) in [5, 5.41) is 8.59. The van der Waals surface area contributed by atoms with Gasteiger partial charge in [0.05, 0.1) is 11.3 Å². The van der Waals surface area contributed by atoms with Crippen molar-refractivity contribution in [1.82, 2.24) is 0 Å². The third-order valence-electron chi connectivity index (χ3n) is 2.13. The van der Waals surface area contributed by atoms with Crippen molar-refractivity contribution in [2.45, 2.75) is 10.4 Å². The fourth-order valence-corrected chi connectivity index (χ4v) is 3.56. The van der Waals surface area contributed by atoms with Gasteiger partial charge in [-0.05, 0) is 30.0 Å². The summed E-state index contributed by atoms with van der Waals surface area (Å²) in [5.41, 5.74) is -5.02. The molecule has 0 aromatic heterocycles. The molecule has 0 saturated carbocycles. The van der Waals surface area contributed by atoms with E-state index in [1.807, 2.05) is 0 Å². The van der Waals surface area contributed by atoms with Crippen LogP contribution in [0.5, 0.6) is 0 Å².